The molecule has 5 rings (SSSR count). The Morgan fingerprint density at radius 3 is 2.64 bits per heavy atom. The lowest BCUT2D eigenvalue weighted by Crippen LogP contribution is -2.49. The van der Waals surface area contributed by atoms with Crippen LogP contribution < -0.4 is 9.47 Å². The monoisotopic (exact) mass is 374 g/mol. The molecule has 0 saturated heterocycles. The second-order valence-corrected chi connectivity index (χ2v) is 7.36. The summed E-state index contributed by atoms with van der Waals surface area (Å²) >= 11 is 0. The van der Waals surface area contributed by atoms with Crippen LogP contribution in [0.1, 0.15) is 26.2 Å². The maximum absolute atomic E-state index is 12.8. The number of carbonyl (C=O) groups excluding carboxylic acids is 1. The lowest BCUT2D eigenvalue weighted by atomic mass is 9.79. The van der Waals surface area contributed by atoms with Crippen LogP contribution in [0.15, 0.2) is 71.8 Å². The number of ketones is 1. The van der Waals surface area contributed by atoms with Crippen LogP contribution in [0.2, 0.25) is 0 Å². The van der Waals surface area contributed by atoms with Crippen molar-refractivity contribution in [3.8, 4) is 11.5 Å². The molecule has 4 nitrogen and oxygen atoms in total. The number of hydrogen-bond donors (Lipinski definition) is 0. The number of fused-ring (bicyclic) bond motifs is 1. The maximum Gasteiger partial charge on any atom is 0.295 e. The van der Waals surface area contributed by atoms with Gasteiger partial charge in [-0.2, -0.15) is 0 Å². The predicted molar refractivity (Wildman–Crippen MR) is 108 cm³/mol. The van der Waals surface area contributed by atoms with Gasteiger partial charge in [-0.15, -0.1) is 0 Å². The summed E-state index contributed by atoms with van der Waals surface area (Å²) in [5.74, 6) is 0.480. The normalized spacial score (nSPS) is 22.5. The van der Waals surface area contributed by atoms with Crippen molar-refractivity contribution < 1.29 is 19.0 Å². The minimum Gasteiger partial charge on any atom is -0.444 e. The quantitative estimate of drug-likeness (QED) is 0.718. The first-order valence-corrected chi connectivity index (χ1v) is 9.81. The van der Waals surface area contributed by atoms with Crippen LogP contribution in [0.3, 0.4) is 0 Å². The molecule has 1 unspecified atom stereocenters. The molecular weight excluding hydrogens is 352 g/mol. The van der Waals surface area contributed by atoms with E-state index in [9.17, 15) is 4.79 Å². The molecule has 1 atom stereocenters. The molecule has 4 heteroatoms. The largest absolute Gasteiger partial charge is 0.444 e. The number of allylic oxidation sites excluding steroid dienone is 2. The Bertz CT molecular complexity index is 1000. The van der Waals surface area contributed by atoms with Crippen molar-refractivity contribution in [2.45, 2.75) is 38.1 Å². The first-order chi connectivity index (χ1) is 13.7. The van der Waals surface area contributed by atoms with Crippen LogP contribution in [0.25, 0.3) is 10.8 Å². The van der Waals surface area contributed by atoms with E-state index in [-0.39, 0.29) is 11.9 Å². The Morgan fingerprint density at radius 2 is 1.93 bits per heavy atom. The van der Waals surface area contributed by atoms with Crippen molar-refractivity contribution in [2.75, 3.05) is 6.61 Å². The zero-order chi connectivity index (χ0) is 19.1. The van der Waals surface area contributed by atoms with Gasteiger partial charge in [0.1, 0.15) is 11.5 Å². The van der Waals surface area contributed by atoms with Gasteiger partial charge in [0, 0.05) is 17.2 Å². The smallest absolute Gasteiger partial charge is 0.295 e. The number of rotatable bonds is 3. The van der Waals surface area contributed by atoms with Gasteiger partial charge in [0.2, 0.25) is 0 Å². The van der Waals surface area contributed by atoms with E-state index in [1.165, 1.54) is 0 Å². The number of ether oxygens (including phenoxy) is 3. The standard InChI is InChI=1S/C24H22O4/c1-2-3-15-26-19-10-6-9-17-23(19)18(25)13-14-24(17)27-20-11-4-7-16-8-5-12-21(28-24)22(16)20/h2-5,7-8,11-14,19H,6,9-10,15H2,1H3/b3-2+. The maximum atomic E-state index is 12.8. The summed E-state index contributed by atoms with van der Waals surface area (Å²) in [7, 11) is 0. The second kappa shape index (κ2) is 6.64. The van der Waals surface area contributed by atoms with Crippen LogP contribution in [-0.4, -0.2) is 24.3 Å². The van der Waals surface area contributed by atoms with Gasteiger partial charge in [0.05, 0.1) is 18.1 Å². The van der Waals surface area contributed by atoms with E-state index in [1.54, 1.807) is 12.2 Å². The second-order valence-electron chi connectivity index (χ2n) is 7.36. The highest BCUT2D eigenvalue weighted by molar-refractivity contribution is 6.07. The molecule has 0 bridgehead atoms. The van der Waals surface area contributed by atoms with Gasteiger partial charge in [0.25, 0.3) is 5.79 Å². The van der Waals surface area contributed by atoms with Crippen molar-refractivity contribution >= 4 is 16.6 Å². The summed E-state index contributed by atoms with van der Waals surface area (Å²) in [6.45, 7) is 2.45. The lowest BCUT2D eigenvalue weighted by molar-refractivity contribution is -0.115. The molecule has 0 amide bonds. The molecule has 0 saturated carbocycles. The van der Waals surface area contributed by atoms with Crippen LogP contribution >= 0.6 is 0 Å². The van der Waals surface area contributed by atoms with Crippen molar-refractivity contribution in [1.29, 1.82) is 0 Å². The van der Waals surface area contributed by atoms with Crippen LogP contribution in [0.4, 0.5) is 0 Å². The zero-order valence-electron chi connectivity index (χ0n) is 15.8. The highest BCUT2D eigenvalue weighted by Crippen LogP contribution is 2.48. The van der Waals surface area contributed by atoms with E-state index in [0.717, 1.165) is 47.1 Å². The van der Waals surface area contributed by atoms with Crippen LogP contribution in [0.5, 0.6) is 11.5 Å². The molecule has 28 heavy (non-hydrogen) atoms. The summed E-state index contributed by atoms with van der Waals surface area (Å²) in [4.78, 5) is 12.8. The molecule has 0 radical (unpaired) electrons. The third-order valence-electron chi connectivity index (χ3n) is 5.66. The molecule has 3 aliphatic rings. The molecule has 0 fully saturated rings. The molecule has 0 N–H and O–H groups in total. The number of carbonyl (C=O) groups is 1. The molecule has 1 heterocycles. The van der Waals surface area contributed by atoms with E-state index in [0.29, 0.717) is 12.2 Å². The van der Waals surface area contributed by atoms with E-state index in [1.807, 2.05) is 55.5 Å². The molecule has 2 aromatic carbocycles. The summed E-state index contributed by atoms with van der Waals surface area (Å²) in [6, 6.07) is 12.0. The predicted octanol–water partition coefficient (Wildman–Crippen LogP) is 4.89. The van der Waals surface area contributed by atoms with Crippen molar-refractivity contribution in [2.24, 2.45) is 0 Å². The Labute approximate surface area is 164 Å². The van der Waals surface area contributed by atoms with Crippen molar-refractivity contribution in [3.05, 3.63) is 71.8 Å². The first-order valence-electron chi connectivity index (χ1n) is 9.81. The van der Waals surface area contributed by atoms with Gasteiger partial charge in [-0.1, -0.05) is 36.4 Å². The molecule has 1 spiro atoms. The van der Waals surface area contributed by atoms with E-state index < -0.39 is 5.79 Å². The lowest BCUT2D eigenvalue weighted by Gasteiger charge is -2.43. The summed E-state index contributed by atoms with van der Waals surface area (Å²) in [6.07, 6.45) is 9.54. The van der Waals surface area contributed by atoms with Gasteiger partial charge < -0.3 is 14.2 Å². The first kappa shape index (κ1) is 17.3. The average molecular weight is 374 g/mol. The Kier molecular flexibility index (Phi) is 4.09. The Balaban J connectivity index is 1.60. The van der Waals surface area contributed by atoms with Gasteiger partial charge in [-0.25, -0.2) is 0 Å². The third-order valence-corrected chi connectivity index (χ3v) is 5.66. The third kappa shape index (κ3) is 2.60. The minimum absolute atomic E-state index is 0.00456. The number of hydrogen-bond acceptors (Lipinski definition) is 4. The molecule has 1 aliphatic heterocycles. The minimum atomic E-state index is -1.07. The van der Waals surface area contributed by atoms with E-state index >= 15 is 0 Å². The summed E-state index contributed by atoms with van der Waals surface area (Å²) in [5.41, 5.74) is 1.59. The molecular formula is C24H22O4. The van der Waals surface area contributed by atoms with Crippen molar-refractivity contribution in [1.82, 2.24) is 0 Å². The highest BCUT2D eigenvalue weighted by atomic mass is 16.7. The highest BCUT2D eigenvalue weighted by Gasteiger charge is 2.48. The molecule has 2 aromatic rings. The number of benzene rings is 2. The van der Waals surface area contributed by atoms with Crippen LogP contribution in [-0.2, 0) is 9.53 Å². The van der Waals surface area contributed by atoms with Crippen LogP contribution in [0, 0.1) is 0 Å². The Morgan fingerprint density at radius 1 is 1.18 bits per heavy atom. The fraction of sp³-hybridized carbons (Fsp3) is 0.292. The molecule has 0 aromatic heterocycles. The molecule has 2 aliphatic carbocycles. The van der Waals surface area contributed by atoms with Gasteiger partial charge in [-0.05, 0) is 49.8 Å². The van der Waals surface area contributed by atoms with Gasteiger partial charge in [-0.3, -0.25) is 4.79 Å². The average Bonchev–Trinajstić information content (AvgIpc) is 2.72. The van der Waals surface area contributed by atoms with Gasteiger partial charge in [0.15, 0.2) is 5.78 Å². The zero-order valence-corrected chi connectivity index (χ0v) is 15.8. The van der Waals surface area contributed by atoms with Crippen molar-refractivity contribution in [3.63, 3.8) is 0 Å². The fourth-order valence-corrected chi connectivity index (χ4v) is 4.40. The van der Waals surface area contributed by atoms with E-state index in [2.05, 4.69) is 0 Å². The summed E-state index contributed by atoms with van der Waals surface area (Å²) in [5, 5.41) is 2.05. The Hall–Kier alpha value is -2.85. The fourth-order valence-electron chi connectivity index (χ4n) is 4.40. The van der Waals surface area contributed by atoms with Gasteiger partial charge >= 0.3 is 0 Å². The SMILES string of the molecule is C/C=C/COC1CCCC2=C1C(=O)C=CC21Oc2cccc3cccc(c23)O1. The molecule has 142 valence electrons. The summed E-state index contributed by atoms with van der Waals surface area (Å²) < 4.78 is 18.9. The van der Waals surface area contributed by atoms with E-state index in [4.69, 9.17) is 14.2 Å². The topological polar surface area (TPSA) is 44.8 Å².